The number of carboxylic acids is 1. The van der Waals surface area contributed by atoms with Crippen molar-refractivity contribution in [3.05, 3.63) is 35.9 Å². The molecule has 1 saturated carbocycles. The van der Waals surface area contributed by atoms with E-state index in [2.05, 4.69) is 10.1 Å². The molecule has 2 heterocycles. The van der Waals surface area contributed by atoms with Crippen molar-refractivity contribution in [2.45, 2.75) is 38.6 Å². The van der Waals surface area contributed by atoms with Crippen molar-refractivity contribution in [3.8, 4) is 11.1 Å². The molecule has 2 aromatic heterocycles. The number of pyridine rings is 1. The van der Waals surface area contributed by atoms with Gasteiger partial charge in [0, 0.05) is 29.2 Å². The molecule has 0 aromatic carbocycles. The molecule has 3 rings (SSSR count). The summed E-state index contributed by atoms with van der Waals surface area (Å²) < 4.78 is 1.98. The summed E-state index contributed by atoms with van der Waals surface area (Å²) in [6.45, 7) is 1.86. The lowest BCUT2D eigenvalue weighted by Crippen LogP contribution is -2.04. The van der Waals surface area contributed by atoms with E-state index in [0.29, 0.717) is 11.6 Å². The molecule has 5 heteroatoms. The highest BCUT2D eigenvalue weighted by molar-refractivity contribution is 5.95. The molecular weight excluding hydrogens is 254 g/mol. The maximum Gasteiger partial charge on any atom is 0.337 e. The maximum atomic E-state index is 11.3. The maximum absolute atomic E-state index is 11.3. The van der Waals surface area contributed by atoms with Gasteiger partial charge in [-0.25, -0.2) is 4.79 Å². The Morgan fingerprint density at radius 3 is 2.80 bits per heavy atom. The molecule has 1 aliphatic rings. The Bertz CT molecular complexity index is 642. The van der Waals surface area contributed by atoms with Gasteiger partial charge in [-0.05, 0) is 25.8 Å². The van der Waals surface area contributed by atoms with E-state index in [0.717, 1.165) is 24.1 Å². The van der Waals surface area contributed by atoms with Crippen LogP contribution in [-0.2, 0) is 0 Å². The molecule has 0 spiro atoms. The fourth-order valence-electron chi connectivity index (χ4n) is 2.81. The Kier molecular flexibility index (Phi) is 3.26. The third-order valence-electron chi connectivity index (χ3n) is 3.88. The van der Waals surface area contributed by atoms with Gasteiger partial charge in [0.25, 0.3) is 0 Å². The summed E-state index contributed by atoms with van der Waals surface area (Å²) in [7, 11) is 0. The standard InChI is InChI=1S/C15H17N3O2/c1-10-6-13(14(8-16-10)15(19)20)11-7-17-18(9-11)12-4-2-3-5-12/h6-9,12H,2-5H2,1H3,(H,19,20). The minimum Gasteiger partial charge on any atom is -0.478 e. The zero-order chi connectivity index (χ0) is 14.1. The van der Waals surface area contributed by atoms with E-state index < -0.39 is 5.97 Å². The molecule has 1 N–H and O–H groups in total. The Morgan fingerprint density at radius 1 is 1.35 bits per heavy atom. The molecule has 104 valence electrons. The lowest BCUT2D eigenvalue weighted by atomic mass is 10.0. The van der Waals surface area contributed by atoms with E-state index in [4.69, 9.17) is 0 Å². The van der Waals surface area contributed by atoms with Crippen LogP contribution in [0.2, 0.25) is 0 Å². The highest BCUT2D eigenvalue weighted by atomic mass is 16.4. The van der Waals surface area contributed by atoms with Gasteiger partial charge in [-0.1, -0.05) is 12.8 Å². The van der Waals surface area contributed by atoms with Crippen LogP contribution < -0.4 is 0 Å². The number of aryl methyl sites for hydroxylation is 1. The van der Waals surface area contributed by atoms with Crippen molar-refractivity contribution >= 4 is 5.97 Å². The minimum absolute atomic E-state index is 0.224. The number of carboxylic acid groups (broad SMARTS) is 1. The zero-order valence-electron chi connectivity index (χ0n) is 11.4. The van der Waals surface area contributed by atoms with Crippen LogP contribution in [0.5, 0.6) is 0 Å². The quantitative estimate of drug-likeness (QED) is 0.931. The first kappa shape index (κ1) is 12.8. The van der Waals surface area contributed by atoms with Crippen LogP contribution in [-0.4, -0.2) is 25.8 Å². The second-order valence-corrected chi connectivity index (χ2v) is 5.32. The average molecular weight is 271 g/mol. The summed E-state index contributed by atoms with van der Waals surface area (Å²) in [6, 6.07) is 2.26. The van der Waals surface area contributed by atoms with Crippen molar-refractivity contribution in [2.24, 2.45) is 0 Å². The fraction of sp³-hybridized carbons (Fsp3) is 0.400. The second kappa shape index (κ2) is 5.07. The Morgan fingerprint density at radius 2 is 2.10 bits per heavy atom. The molecule has 1 fully saturated rings. The second-order valence-electron chi connectivity index (χ2n) is 5.32. The van der Waals surface area contributed by atoms with Crippen LogP contribution in [0.4, 0.5) is 0 Å². The van der Waals surface area contributed by atoms with E-state index >= 15 is 0 Å². The molecule has 1 aliphatic carbocycles. The molecule has 0 aliphatic heterocycles. The first-order valence-corrected chi connectivity index (χ1v) is 6.89. The van der Waals surface area contributed by atoms with Crippen LogP contribution in [0, 0.1) is 6.92 Å². The van der Waals surface area contributed by atoms with Gasteiger partial charge in [0.1, 0.15) is 0 Å². The highest BCUT2D eigenvalue weighted by Gasteiger charge is 2.19. The van der Waals surface area contributed by atoms with Gasteiger partial charge in [-0.15, -0.1) is 0 Å². The van der Waals surface area contributed by atoms with E-state index in [-0.39, 0.29) is 5.56 Å². The lowest BCUT2D eigenvalue weighted by molar-refractivity contribution is 0.0697. The van der Waals surface area contributed by atoms with Crippen LogP contribution in [0.15, 0.2) is 24.7 Å². The topological polar surface area (TPSA) is 68.0 Å². The number of rotatable bonds is 3. The van der Waals surface area contributed by atoms with Crippen molar-refractivity contribution in [1.29, 1.82) is 0 Å². The number of hydrogen-bond acceptors (Lipinski definition) is 3. The Balaban J connectivity index is 2.00. The summed E-state index contributed by atoms with van der Waals surface area (Å²) in [5.74, 6) is -0.957. The molecule has 0 atom stereocenters. The molecule has 0 bridgehead atoms. The number of nitrogens with zero attached hydrogens (tertiary/aromatic N) is 3. The highest BCUT2D eigenvalue weighted by Crippen LogP contribution is 2.31. The van der Waals surface area contributed by atoms with Gasteiger partial charge < -0.3 is 5.11 Å². The molecule has 2 aromatic rings. The van der Waals surface area contributed by atoms with Crippen molar-refractivity contribution in [2.75, 3.05) is 0 Å². The molecule has 0 radical (unpaired) electrons. The Labute approximate surface area is 117 Å². The van der Waals surface area contributed by atoms with Crippen molar-refractivity contribution in [1.82, 2.24) is 14.8 Å². The molecule has 0 amide bonds. The summed E-state index contributed by atoms with van der Waals surface area (Å²) in [5.41, 5.74) is 2.56. The molecule has 5 nitrogen and oxygen atoms in total. The van der Waals surface area contributed by atoms with Gasteiger partial charge in [0.05, 0.1) is 17.8 Å². The monoisotopic (exact) mass is 271 g/mol. The summed E-state index contributed by atoms with van der Waals surface area (Å²) in [5, 5.41) is 13.7. The third-order valence-corrected chi connectivity index (χ3v) is 3.88. The van der Waals surface area contributed by atoms with Crippen LogP contribution >= 0.6 is 0 Å². The number of aromatic carboxylic acids is 1. The predicted molar refractivity (Wildman–Crippen MR) is 74.7 cm³/mol. The predicted octanol–water partition coefficient (Wildman–Crippen LogP) is 3.07. The van der Waals surface area contributed by atoms with Gasteiger partial charge in [0.2, 0.25) is 0 Å². The first-order valence-electron chi connectivity index (χ1n) is 6.89. The number of hydrogen-bond donors (Lipinski definition) is 1. The van der Waals surface area contributed by atoms with Crippen LogP contribution in [0.25, 0.3) is 11.1 Å². The van der Waals surface area contributed by atoms with E-state index in [1.807, 2.05) is 17.8 Å². The van der Waals surface area contributed by atoms with Crippen molar-refractivity contribution in [3.63, 3.8) is 0 Å². The van der Waals surface area contributed by atoms with Gasteiger partial charge in [0.15, 0.2) is 0 Å². The normalized spacial score (nSPS) is 15.7. The minimum atomic E-state index is -0.957. The Hall–Kier alpha value is -2.17. The third kappa shape index (κ3) is 2.31. The average Bonchev–Trinajstić information content (AvgIpc) is 3.09. The van der Waals surface area contributed by atoms with E-state index in [1.165, 1.54) is 19.0 Å². The molecular formula is C15H17N3O2. The van der Waals surface area contributed by atoms with E-state index in [9.17, 15) is 9.90 Å². The van der Waals surface area contributed by atoms with E-state index in [1.54, 1.807) is 12.3 Å². The summed E-state index contributed by atoms with van der Waals surface area (Å²) >= 11 is 0. The summed E-state index contributed by atoms with van der Waals surface area (Å²) in [4.78, 5) is 15.4. The number of carbonyl (C=O) groups is 1. The first-order chi connectivity index (χ1) is 9.65. The zero-order valence-corrected chi connectivity index (χ0v) is 11.4. The molecule has 0 unspecified atom stereocenters. The fourth-order valence-corrected chi connectivity index (χ4v) is 2.81. The lowest BCUT2D eigenvalue weighted by Gasteiger charge is -2.09. The van der Waals surface area contributed by atoms with Gasteiger partial charge in [-0.2, -0.15) is 5.10 Å². The molecule has 0 saturated heterocycles. The van der Waals surface area contributed by atoms with Gasteiger partial charge in [-0.3, -0.25) is 9.67 Å². The van der Waals surface area contributed by atoms with Crippen LogP contribution in [0.3, 0.4) is 0 Å². The molecule has 20 heavy (non-hydrogen) atoms. The smallest absolute Gasteiger partial charge is 0.337 e. The van der Waals surface area contributed by atoms with Gasteiger partial charge >= 0.3 is 5.97 Å². The number of aromatic nitrogens is 3. The SMILES string of the molecule is Cc1cc(-c2cnn(C3CCCC3)c2)c(C(=O)O)cn1. The van der Waals surface area contributed by atoms with Crippen LogP contribution in [0.1, 0.15) is 47.8 Å². The largest absolute Gasteiger partial charge is 0.478 e. The van der Waals surface area contributed by atoms with Crippen molar-refractivity contribution < 1.29 is 9.90 Å². The summed E-state index contributed by atoms with van der Waals surface area (Å²) in [6.07, 6.45) is 9.92.